The molecule has 1 saturated heterocycles. The van der Waals surface area contributed by atoms with Gasteiger partial charge in [0.1, 0.15) is 0 Å². The zero-order chi connectivity index (χ0) is 8.77. The van der Waals surface area contributed by atoms with Crippen LogP contribution in [0, 0.1) is 17.3 Å². The van der Waals surface area contributed by atoms with Crippen LogP contribution in [0.2, 0.25) is 0 Å². The molecule has 1 aliphatic heterocycles. The zero-order valence-electron chi connectivity index (χ0n) is 8.47. The third kappa shape index (κ3) is 1.02. The quantitative estimate of drug-likeness (QED) is 0.585. The number of hydrogen-bond donors (Lipinski definition) is 0. The molecule has 2 aliphatic rings. The third-order valence-corrected chi connectivity index (χ3v) is 4.24. The van der Waals surface area contributed by atoms with Crippen molar-refractivity contribution in [2.45, 2.75) is 46.1 Å². The topological polar surface area (TPSA) is 9.23 Å². The van der Waals surface area contributed by atoms with Gasteiger partial charge in [-0.3, -0.25) is 0 Å². The molecule has 1 aliphatic carbocycles. The zero-order valence-corrected chi connectivity index (χ0v) is 8.47. The molecule has 3 atom stereocenters. The Hall–Kier alpha value is -0.0400. The summed E-state index contributed by atoms with van der Waals surface area (Å²) in [6.45, 7) is 8.10. The molecule has 1 saturated carbocycles. The van der Waals surface area contributed by atoms with Gasteiger partial charge in [-0.05, 0) is 36.5 Å². The smallest absolute Gasteiger partial charge is 0.0660 e. The summed E-state index contributed by atoms with van der Waals surface area (Å²) in [5.74, 6) is 1.66. The van der Waals surface area contributed by atoms with Crippen molar-refractivity contribution in [3.05, 3.63) is 0 Å². The van der Waals surface area contributed by atoms with Crippen molar-refractivity contribution in [1.29, 1.82) is 0 Å². The summed E-state index contributed by atoms with van der Waals surface area (Å²) in [6.07, 6.45) is 4.67. The molecule has 0 aromatic carbocycles. The normalized spacial score (nSPS) is 47.0. The van der Waals surface area contributed by atoms with Crippen molar-refractivity contribution in [2.24, 2.45) is 17.3 Å². The maximum absolute atomic E-state index is 5.85. The first-order chi connectivity index (χ1) is 5.64. The summed E-state index contributed by atoms with van der Waals surface area (Å²) in [5, 5.41) is 0. The highest BCUT2D eigenvalue weighted by Gasteiger charge is 2.49. The lowest BCUT2D eigenvalue weighted by molar-refractivity contribution is -0.00867. The predicted octanol–water partition coefficient (Wildman–Crippen LogP) is 2.85. The average Bonchev–Trinajstić information content (AvgIpc) is 2.54. The number of ether oxygens (including phenoxy) is 1. The van der Waals surface area contributed by atoms with E-state index in [4.69, 9.17) is 4.74 Å². The van der Waals surface area contributed by atoms with Gasteiger partial charge in [0.25, 0.3) is 0 Å². The van der Waals surface area contributed by atoms with E-state index in [9.17, 15) is 0 Å². The molecule has 12 heavy (non-hydrogen) atoms. The highest BCUT2D eigenvalue weighted by molar-refractivity contribution is 4.98. The molecule has 1 heterocycles. The Morgan fingerprint density at radius 3 is 2.75 bits per heavy atom. The van der Waals surface area contributed by atoms with Crippen LogP contribution >= 0.6 is 0 Å². The summed E-state index contributed by atoms with van der Waals surface area (Å²) in [5.41, 5.74) is 0.473. The standard InChI is InChI=1S/C11H20O/c1-8(2)11(3)6-4-9-5-7-12-10(9)11/h8-10H,4-7H2,1-3H3. The van der Waals surface area contributed by atoms with E-state index in [1.165, 1.54) is 19.3 Å². The van der Waals surface area contributed by atoms with E-state index in [-0.39, 0.29) is 0 Å². The molecule has 2 fully saturated rings. The van der Waals surface area contributed by atoms with Crippen molar-refractivity contribution < 1.29 is 4.74 Å². The third-order valence-electron chi connectivity index (χ3n) is 4.24. The van der Waals surface area contributed by atoms with Crippen LogP contribution in [-0.4, -0.2) is 12.7 Å². The van der Waals surface area contributed by atoms with Crippen LogP contribution in [0.3, 0.4) is 0 Å². The fourth-order valence-corrected chi connectivity index (χ4v) is 2.91. The van der Waals surface area contributed by atoms with Gasteiger partial charge in [0.2, 0.25) is 0 Å². The van der Waals surface area contributed by atoms with Gasteiger partial charge in [-0.1, -0.05) is 20.8 Å². The Balaban J connectivity index is 2.17. The van der Waals surface area contributed by atoms with Crippen LogP contribution in [0.25, 0.3) is 0 Å². The molecular weight excluding hydrogens is 148 g/mol. The monoisotopic (exact) mass is 168 g/mol. The SMILES string of the molecule is CC(C)C1(C)CCC2CCOC21. The number of hydrogen-bond acceptors (Lipinski definition) is 1. The minimum Gasteiger partial charge on any atom is -0.377 e. The van der Waals surface area contributed by atoms with Crippen molar-refractivity contribution in [3.63, 3.8) is 0 Å². The molecule has 3 unspecified atom stereocenters. The maximum Gasteiger partial charge on any atom is 0.0660 e. The van der Waals surface area contributed by atoms with E-state index in [1.807, 2.05) is 0 Å². The number of rotatable bonds is 1. The summed E-state index contributed by atoms with van der Waals surface area (Å²) in [4.78, 5) is 0. The van der Waals surface area contributed by atoms with Gasteiger partial charge in [-0.2, -0.15) is 0 Å². The average molecular weight is 168 g/mol. The first-order valence-electron chi connectivity index (χ1n) is 5.26. The van der Waals surface area contributed by atoms with Gasteiger partial charge in [0, 0.05) is 6.61 Å². The fourth-order valence-electron chi connectivity index (χ4n) is 2.91. The fraction of sp³-hybridized carbons (Fsp3) is 1.00. The van der Waals surface area contributed by atoms with Gasteiger partial charge >= 0.3 is 0 Å². The number of fused-ring (bicyclic) bond motifs is 1. The molecular formula is C11H20O. The molecule has 0 amide bonds. The van der Waals surface area contributed by atoms with E-state index in [2.05, 4.69) is 20.8 Å². The second-order valence-electron chi connectivity index (χ2n) is 5.04. The Morgan fingerprint density at radius 2 is 2.08 bits per heavy atom. The molecule has 0 spiro atoms. The van der Waals surface area contributed by atoms with E-state index < -0.39 is 0 Å². The van der Waals surface area contributed by atoms with Gasteiger partial charge in [0.15, 0.2) is 0 Å². The van der Waals surface area contributed by atoms with Crippen LogP contribution < -0.4 is 0 Å². The Kier molecular flexibility index (Phi) is 1.95. The van der Waals surface area contributed by atoms with Crippen LogP contribution in [0.15, 0.2) is 0 Å². The van der Waals surface area contributed by atoms with Crippen molar-refractivity contribution in [2.75, 3.05) is 6.61 Å². The molecule has 1 nitrogen and oxygen atoms in total. The lowest BCUT2D eigenvalue weighted by Crippen LogP contribution is -2.34. The van der Waals surface area contributed by atoms with Gasteiger partial charge < -0.3 is 4.74 Å². The van der Waals surface area contributed by atoms with E-state index in [0.29, 0.717) is 11.5 Å². The molecule has 0 N–H and O–H groups in total. The molecule has 0 aromatic rings. The Morgan fingerprint density at radius 1 is 1.33 bits per heavy atom. The first-order valence-corrected chi connectivity index (χ1v) is 5.26. The van der Waals surface area contributed by atoms with Crippen LogP contribution in [0.1, 0.15) is 40.0 Å². The largest absolute Gasteiger partial charge is 0.377 e. The minimum absolute atomic E-state index is 0.473. The minimum atomic E-state index is 0.473. The van der Waals surface area contributed by atoms with Crippen molar-refractivity contribution >= 4 is 0 Å². The second-order valence-corrected chi connectivity index (χ2v) is 5.04. The highest BCUT2D eigenvalue weighted by Crippen LogP contribution is 2.51. The molecule has 0 bridgehead atoms. The highest BCUT2D eigenvalue weighted by atomic mass is 16.5. The van der Waals surface area contributed by atoms with Gasteiger partial charge in [0.05, 0.1) is 6.10 Å². The van der Waals surface area contributed by atoms with Crippen LogP contribution in [-0.2, 0) is 4.74 Å². The molecule has 1 heteroatoms. The predicted molar refractivity (Wildman–Crippen MR) is 50.0 cm³/mol. The van der Waals surface area contributed by atoms with E-state index >= 15 is 0 Å². The van der Waals surface area contributed by atoms with E-state index in [0.717, 1.165) is 18.4 Å². The summed E-state index contributed by atoms with van der Waals surface area (Å²) < 4.78 is 5.85. The van der Waals surface area contributed by atoms with Crippen LogP contribution in [0.5, 0.6) is 0 Å². The molecule has 0 radical (unpaired) electrons. The molecule has 2 rings (SSSR count). The van der Waals surface area contributed by atoms with Crippen LogP contribution in [0.4, 0.5) is 0 Å². The van der Waals surface area contributed by atoms with Crippen molar-refractivity contribution in [3.8, 4) is 0 Å². The van der Waals surface area contributed by atoms with E-state index in [1.54, 1.807) is 0 Å². The first kappa shape index (κ1) is 8.55. The second kappa shape index (κ2) is 2.73. The Bertz CT molecular complexity index is 176. The van der Waals surface area contributed by atoms with Gasteiger partial charge in [-0.25, -0.2) is 0 Å². The molecule has 70 valence electrons. The summed E-state index contributed by atoms with van der Waals surface area (Å²) in [6, 6.07) is 0. The summed E-state index contributed by atoms with van der Waals surface area (Å²) >= 11 is 0. The van der Waals surface area contributed by atoms with Gasteiger partial charge in [-0.15, -0.1) is 0 Å². The van der Waals surface area contributed by atoms with Crippen molar-refractivity contribution in [1.82, 2.24) is 0 Å². The Labute approximate surface area is 75.5 Å². The summed E-state index contributed by atoms with van der Waals surface area (Å²) in [7, 11) is 0. The molecule has 0 aromatic heterocycles. The lowest BCUT2D eigenvalue weighted by atomic mass is 9.75. The lowest BCUT2D eigenvalue weighted by Gasteiger charge is -2.34. The maximum atomic E-state index is 5.85.